The Hall–Kier alpha value is -1.78. The predicted molar refractivity (Wildman–Crippen MR) is 52.8 cm³/mol. The van der Waals surface area contributed by atoms with E-state index in [1.165, 1.54) is 12.1 Å². The molecule has 0 spiro atoms. The van der Waals surface area contributed by atoms with Crippen molar-refractivity contribution in [3.8, 4) is 0 Å². The first-order valence-electron chi connectivity index (χ1n) is 4.39. The molecule has 0 aliphatic carbocycles. The predicted octanol–water partition coefficient (Wildman–Crippen LogP) is 3.03. The number of benzene rings is 1. The van der Waals surface area contributed by atoms with Crippen LogP contribution in [-0.4, -0.2) is 17.1 Å². The minimum Gasteiger partial charge on any atom is -0.507 e. The van der Waals surface area contributed by atoms with Crippen molar-refractivity contribution in [2.75, 3.05) is 0 Å². The second-order valence-corrected chi connectivity index (χ2v) is 3.26. The molecule has 1 aromatic rings. The fraction of sp³-hybridized carbons (Fsp3) is 0.182. The van der Waals surface area contributed by atoms with Gasteiger partial charge in [0.15, 0.2) is 0 Å². The smallest absolute Gasteiger partial charge is 0.454 e. The summed E-state index contributed by atoms with van der Waals surface area (Å²) >= 11 is 0. The molecule has 1 N–H and O–H groups in total. The van der Waals surface area contributed by atoms with Crippen LogP contribution in [0.4, 0.5) is 13.2 Å². The monoisotopic (exact) mass is 230 g/mol. The summed E-state index contributed by atoms with van der Waals surface area (Å²) in [4.78, 5) is 10.6. The number of allylic oxidation sites excluding steroid dienone is 1. The molecule has 16 heavy (non-hydrogen) atoms. The topological polar surface area (TPSA) is 37.3 Å². The molecule has 0 radical (unpaired) electrons. The molecule has 0 amide bonds. The van der Waals surface area contributed by atoms with Crippen molar-refractivity contribution in [3.63, 3.8) is 0 Å². The van der Waals surface area contributed by atoms with Gasteiger partial charge in [-0.1, -0.05) is 23.8 Å². The summed E-state index contributed by atoms with van der Waals surface area (Å²) in [6.45, 7) is 1.72. The van der Waals surface area contributed by atoms with Crippen LogP contribution in [0, 0.1) is 6.92 Å². The van der Waals surface area contributed by atoms with E-state index in [0.717, 1.165) is 5.56 Å². The molecule has 0 atom stereocenters. The molecule has 5 heteroatoms. The highest BCUT2D eigenvalue weighted by molar-refractivity contribution is 5.99. The van der Waals surface area contributed by atoms with Gasteiger partial charge in [-0.2, -0.15) is 13.2 Å². The number of alkyl halides is 3. The van der Waals surface area contributed by atoms with Gasteiger partial charge in [-0.3, -0.25) is 4.79 Å². The highest BCUT2D eigenvalue weighted by atomic mass is 19.4. The first-order chi connectivity index (χ1) is 7.30. The Morgan fingerprint density at radius 1 is 1.38 bits per heavy atom. The lowest BCUT2D eigenvalue weighted by Crippen LogP contribution is -2.20. The molecular formula is C11H9F3O2. The zero-order valence-electron chi connectivity index (χ0n) is 8.38. The van der Waals surface area contributed by atoms with Crippen LogP contribution in [0.2, 0.25) is 0 Å². The van der Waals surface area contributed by atoms with E-state index >= 15 is 0 Å². The van der Waals surface area contributed by atoms with Gasteiger partial charge in [0.2, 0.25) is 0 Å². The number of carbonyl (C=O) groups is 1. The van der Waals surface area contributed by atoms with E-state index in [4.69, 9.17) is 0 Å². The van der Waals surface area contributed by atoms with E-state index in [1.54, 1.807) is 19.1 Å². The average Bonchev–Trinajstić information content (AvgIpc) is 2.16. The highest BCUT2D eigenvalue weighted by Gasteiger charge is 2.36. The summed E-state index contributed by atoms with van der Waals surface area (Å²) < 4.78 is 35.7. The van der Waals surface area contributed by atoms with E-state index < -0.39 is 17.7 Å². The number of carbonyl (C=O) groups excluding carboxylic acids is 1. The molecule has 0 heterocycles. The van der Waals surface area contributed by atoms with Crippen molar-refractivity contribution >= 4 is 11.5 Å². The van der Waals surface area contributed by atoms with Crippen molar-refractivity contribution in [2.24, 2.45) is 0 Å². The molecule has 0 aliphatic rings. The number of aliphatic hydroxyl groups is 1. The summed E-state index contributed by atoms with van der Waals surface area (Å²) in [5.41, 5.74) is 0.953. The Morgan fingerprint density at radius 2 is 2.00 bits per heavy atom. The third-order valence-corrected chi connectivity index (χ3v) is 1.86. The highest BCUT2D eigenvalue weighted by Crippen LogP contribution is 2.20. The minimum absolute atomic E-state index is 0.175. The number of hydrogen-bond donors (Lipinski definition) is 1. The van der Waals surface area contributed by atoms with Crippen LogP contribution < -0.4 is 0 Å². The molecule has 0 unspecified atom stereocenters. The molecular weight excluding hydrogens is 221 g/mol. The second kappa shape index (κ2) is 4.38. The molecule has 0 fully saturated rings. The third-order valence-electron chi connectivity index (χ3n) is 1.86. The van der Waals surface area contributed by atoms with Gasteiger partial charge in [0, 0.05) is 11.6 Å². The van der Waals surface area contributed by atoms with E-state index in [0.29, 0.717) is 0 Å². The van der Waals surface area contributed by atoms with Gasteiger partial charge in [0.25, 0.3) is 5.78 Å². The third kappa shape index (κ3) is 3.12. The van der Waals surface area contributed by atoms with Crippen LogP contribution in [0.1, 0.15) is 11.1 Å². The zero-order valence-corrected chi connectivity index (χ0v) is 8.38. The lowest BCUT2D eigenvalue weighted by atomic mass is 10.1. The SMILES string of the molecule is Cc1cccc(C(O)=CC(=O)C(F)(F)F)c1. The Labute approximate surface area is 90.0 Å². The Kier molecular flexibility index (Phi) is 3.37. The van der Waals surface area contributed by atoms with Crippen LogP contribution >= 0.6 is 0 Å². The molecule has 0 saturated carbocycles. The summed E-state index contributed by atoms with van der Waals surface area (Å²) in [5, 5.41) is 9.32. The number of aryl methyl sites for hydroxylation is 1. The second-order valence-electron chi connectivity index (χ2n) is 3.26. The number of rotatable bonds is 2. The summed E-state index contributed by atoms with van der Waals surface area (Å²) in [6, 6.07) is 6.20. The summed E-state index contributed by atoms with van der Waals surface area (Å²) in [7, 11) is 0. The van der Waals surface area contributed by atoms with Gasteiger partial charge >= 0.3 is 6.18 Å². The Morgan fingerprint density at radius 3 is 2.50 bits per heavy atom. The summed E-state index contributed by atoms with van der Waals surface area (Å²) in [5.74, 6) is -2.77. The molecule has 0 aliphatic heterocycles. The van der Waals surface area contributed by atoms with E-state index in [1.807, 2.05) is 0 Å². The van der Waals surface area contributed by atoms with Gasteiger partial charge in [0.1, 0.15) is 5.76 Å². The fourth-order valence-electron chi connectivity index (χ4n) is 1.09. The van der Waals surface area contributed by atoms with Gasteiger partial charge < -0.3 is 5.11 Å². The molecule has 0 bridgehead atoms. The average molecular weight is 230 g/mol. The van der Waals surface area contributed by atoms with Crippen LogP contribution in [0.3, 0.4) is 0 Å². The molecule has 0 saturated heterocycles. The zero-order chi connectivity index (χ0) is 12.3. The molecule has 1 aromatic carbocycles. The van der Waals surface area contributed by atoms with Crippen molar-refractivity contribution in [1.82, 2.24) is 0 Å². The molecule has 0 aromatic heterocycles. The standard InChI is InChI=1S/C11H9F3O2/c1-7-3-2-4-8(5-7)9(15)6-10(16)11(12,13)14/h2-6,15H,1H3. The maximum Gasteiger partial charge on any atom is 0.454 e. The van der Waals surface area contributed by atoms with Gasteiger partial charge in [-0.05, 0) is 13.0 Å². The normalized spacial score (nSPS) is 12.6. The van der Waals surface area contributed by atoms with Crippen molar-refractivity contribution in [3.05, 3.63) is 41.5 Å². The van der Waals surface area contributed by atoms with Crippen molar-refractivity contribution in [1.29, 1.82) is 0 Å². The van der Waals surface area contributed by atoms with E-state index in [9.17, 15) is 23.1 Å². The Bertz CT molecular complexity index is 433. The molecule has 86 valence electrons. The van der Waals surface area contributed by atoms with Crippen LogP contribution in [0.15, 0.2) is 30.3 Å². The number of hydrogen-bond acceptors (Lipinski definition) is 2. The maximum absolute atomic E-state index is 11.9. The Balaban J connectivity index is 2.99. The lowest BCUT2D eigenvalue weighted by Gasteiger charge is -2.03. The van der Waals surface area contributed by atoms with Crippen molar-refractivity contribution < 1.29 is 23.1 Å². The van der Waals surface area contributed by atoms with Gasteiger partial charge in [0.05, 0.1) is 0 Å². The first kappa shape index (κ1) is 12.3. The largest absolute Gasteiger partial charge is 0.507 e. The summed E-state index contributed by atoms with van der Waals surface area (Å²) in [6.07, 6.45) is -4.79. The number of aliphatic hydroxyl groups excluding tert-OH is 1. The molecule has 2 nitrogen and oxygen atoms in total. The fourth-order valence-corrected chi connectivity index (χ4v) is 1.09. The maximum atomic E-state index is 11.9. The number of halogens is 3. The quantitative estimate of drug-likeness (QED) is 0.626. The number of ketones is 1. The van der Waals surface area contributed by atoms with Crippen molar-refractivity contribution in [2.45, 2.75) is 13.1 Å². The van der Waals surface area contributed by atoms with Crippen LogP contribution in [0.25, 0.3) is 5.76 Å². The minimum atomic E-state index is -4.96. The van der Waals surface area contributed by atoms with Crippen LogP contribution in [0.5, 0.6) is 0 Å². The van der Waals surface area contributed by atoms with Crippen LogP contribution in [-0.2, 0) is 4.79 Å². The lowest BCUT2D eigenvalue weighted by molar-refractivity contribution is -0.165. The van der Waals surface area contributed by atoms with Gasteiger partial charge in [-0.25, -0.2) is 0 Å². The molecule has 1 rings (SSSR count). The first-order valence-corrected chi connectivity index (χ1v) is 4.39. The van der Waals surface area contributed by atoms with Gasteiger partial charge in [-0.15, -0.1) is 0 Å². The van der Waals surface area contributed by atoms with E-state index in [-0.39, 0.29) is 11.6 Å². The van der Waals surface area contributed by atoms with E-state index in [2.05, 4.69) is 0 Å².